The van der Waals surface area contributed by atoms with Crippen molar-refractivity contribution in [1.29, 1.82) is 5.26 Å². The Morgan fingerprint density at radius 3 is 2.93 bits per heavy atom. The van der Waals surface area contributed by atoms with E-state index in [1.54, 1.807) is 0 Å². The number of hydrogen-bond acceptors (Lipinski definition) is 4. The maximum absolute atomic E-state index is 11.3. The van der Waals surface area contributed by atoms with Crippen molar-refractivity contribution < 1.29 is 14.0 Å². The summed E-state index contributed by atoms with van der Waals surface area (Å²) in [6, 6.07) is 1.52. The van der Waals surface area contributed by atoms with Crippen LogP contribution in [0, 0.1) is 11.5 Å². The summed E-state index contributed by atoms with van der Waals surface area (Å²) in [7, 11) is 0. The van der Waals surface area contributed by atoms with Gasteiger partial charge in [0.15, 0.2) is 6.19 Å². The van der Waals surface area contributed by atoms with E-state index in [0.29, 0.717) is 5.56 Å². The van der Waals surface area contributed by atoms with E-state index >= 15 is 0 Å². The molecule has 6 nitrogen and oxygen atoms in total. The number of rotatable bonds is 4. The first-order valence-corrected chi connectivity index (χ1v) is 4.22. The van der Waals surface area contributed by atoms with Gasteiger partial charge in [0.25, 0.3) is 5.91 Å². The Morgan fingerprint density at radius 1 is 1.53 bits per heavy atom. The van der Waals surface area contributed by atoms with Crippen molar-refractivity contribution in [2.45, 2.75) is 6.42 Å². The zero-order chi connectivity index (χ0) is 11.1. The molecule has 1 aromatic rings. The molecule has 0 atom stereocenters. The molecule has 1 heterocycles. The molecule has 6 heteroatoms. The fraction of sp³-hybridized carbons (Fsp3) is 0.222. The van der Waals surface area contributed by atoms with E-state index in [2.05, 4.69) is 5.32 Å². The Kier molecular flexibility index (Phi) is 3.91. The summed E-state index contributed by atoms with van der Waals surface area (Å²) in [6.45, 7) is 0.178. The number of nitrogens with zero attached hydrogens (tertiary/aromatic N) is 1. The maximum atomic E-state index is 11.3. The molecule has 0 aliphatic rings. The number of carbonyl (C=O) groups is 2. The summed E-state index contributed by atoms with van der Waals surface area (Å²) in [5, 5.41) is 12.6. The van der Waals surface area contributed by atoms with Crippen LogP contribution >= 0.6 is 0 Å². The van der Waals surface area contributed by atoms with Gasteiger partial charge in [-0.3, -0.25) is 14.9 Å². The molecule has 0 aromatic carbocycles. The van der Waals surface area contributed by atoms with Gasteiger partial charge in [0.1, 0.15) is 6.26 Å². The first-order chi connectivity index (χ1) is 7.24. The molecule has 0 bridgehead atoms. The molecule has 0 spiro atoms. The molecule has 0 unspecified atom stereocenters. The standard InChI is InChI=1S/C9H9N3O3/c10-6-12-8(13)1-3-11-9(14)7-2-4-15-5-7/h2,4-5H,1,3H2,(H,11,14)(H,12,13). The summed E-state index contributed by atoms with van der Waals surface area (Å²) in [6.07, 6.45) is 4.27. The molecule has 2 N–H and O–H groups in total. The number of carbonyl (C=O) groups excluding carboxylic acids is 2. The van der Waals surface area contributed by atoms with E-state index in [1.165, 1.54) is 24.8 Å². The fourth-order valence-electron chi connectivity index (χ4n) is 0.910. The predicted octanol–water partition coefficient (Wildman–Crippen LogP) is -0.00322. The minimum Gasteiger partial charge on any atom is -0.472 e. The molecule has 1 aromatic heterocycles. The molecular weight excluding hydrogens is 198 g/mol. The Labute approximate surface area is 85.9 Å². The van der Waals surface area contributed by atoms with Crippen LogP contribution in [-0.4, -0.2) is 18.4 Å². The van der Waals surface area contributed by atoms with Gasteiger partial charge in [-0.2, -0.15) is 5.26 Å². The Balaban J connectivity index is 2.24. The summed E-state index contributed by atoms with van der Waals surface area (Å²) in [5.74, 6) is -0.737. The van der Waals surface area contributed by atoms with Crippen LogP contribution in [0.15, 0.2) is 23.0 Å². The molecule has 2 amide bonds. The van der Waals surface area contributed by atoms with Crippen LogP contribution in [0.2, 0.25) is 0 Å². The van der Waals surface area contributed by atoms with Gasteiger partial charge >= 0.3 is 0 Å². The Morgan fingerprint density at radius 2 is 2.33 bits per heavy atom. The number of nitriles is 1. The van der Waals surface area contributed by atoms with Crippen LogP contribution in [0.5, 0.6) is 0 Å². The number of furan rings is 1. The van der Waals surface area contributed by atoms with Crippen LogP contribution in [0.1, 0.15) is 16.8 Å². The highest BCUT2D eigenvalue weighted by molar-refractivity contribution is 5.94. The average Bonchev–Trinajstić information content (AvgIpc) is 2.70. The third kappa shape index (κ3) is 3.52. The second kappa shape index (κ2) is 5.44. The summed E-state index contributed by atoms with van der Waals surface area (Å²) >= 11 is 0. The zero-order valence-electron chi connectivity index (χ0n) is 7.82. The molecule has 1 rings (SSSR count). The first-order valence-electron chi connectivity index (χ1n) is 4.22. The predicted molar refractivity (Wildman–Crippen MR) is 49.4 cm³/mol. The molecule has 0 saturated carbocycles. The van der Waals surface area contributed by atoms with Gasteiger partial charge in [-0.05, 0) is 6.07 Å². The van der Waals surface area contributed by atoms with Crippen molar-refractivity contribution in [3.63, 3.8) is 0 Å². The lowest BCUT2D eigenvalue weighted by Gasteiger charge is -2.01. The van der Waals surface area contributed by atoms with Gasteiger partial charge in [-0.15, -0.1) is 0 Å². The SMILES string of the molecule is N#CNC(=O)CCNC(=O)c1ccoc1. The number of amides is 2. The van der Waals surface area contributed by atoms with Gasteiger partial charge in [-0.1, -0.05) is 0 Å². The Bertz CT molecular complexity index is 378. The second-order valence-corrected chi connectivity index (χ2v) is 2.68. The van der Waals surface area contributed by atoms with E-state index in [1.807, 2.05) is 5.32 Å². The van der Waals surface area contributed by atoms with Gasteiger partial charge in [0.05, 0.1) is 11.8 Å². The van der Waals surface area contributed by atoms with Crippen LogP contribution in [-0.2, 0) is 4.79 Å². The molecule has 0 aliphatic heterocycles. The summed E-state index contributed by atoms with van der Waals surface area (Å²) in [5.41, 5.74) is 0.399. The van der Waals surface area contributed by atoms with Gasteiger partial charge in [-0.25, -0.2) is 0 Å². The quantitative estimate of drug-likeness (QED) is 0.536. The van der Waals surface area contributed by atoms with E-state index in [9.17, 15) is 9.59 Å². The van der Waals surface area contributed by atoms with Gasteiger partial charge in [0, 0.05) is 13.0 Å². The highest BCUT2D eigenvalue weighted by atomic mass is 16.3. The molecule has 0 aliphatic carbocycles. The van der Waals surface area contributed by atoms with Crippen molar-refractivity contribution in [2.24, 2.45) is 0 Å². The van der Waals surface area contributed by atoms with Crippen molar-refractivity contribution in [3.05, 3.63) is 24.2 Å². The smallest absolute Gasteiger partial charge is 0.254 e. The highest BCUT2D eigenvalue weighted by Gasteiger charge is 2.06. The van der Waals surface area contributed by atoms with Gasteiger partial charge in [0.2, 0.25) is 5.91 Å². The summed E-state index contributed by atoms with van der Waals surface area (Å²) in [4.78, 5) is 22.1. The van der Waals surface area contributed by atoms with Crippen molar-refractivity contribution in [1.82, 2.24) is 10.6 Å². The third-order valence-corrected chi connectivity index (χ3v) is 1.62. The number of nitrogens with one attached hydrogen (secondary N) is 2. The summed E-state index contributed by atoms with van der Waals surface area (Å²) < 4.78 is 4.72. The van der Waals surface area contributed by atoms with E-state index in [4.69, 9.17) is 9.68 Å². The lowest BCUT2D eigenvalue weighted by atomic mass is 10.3. The zero-order valence-corrected chi connectivity index (χ0v) is 7.82. The lowest BCUT2D eigenvalue weighted by molar-refractivity contribution is -0.119. The first kappa shape index (κ1) is 10.8. The molecule has 0 saturated heterocycles. The van der Waals surface area contributed by atoms with E-state index in [-0.39, 0.29) is 18.9 Å². The average molecular weight is 207 g/mol. The highest BCUT2D eigenvalue weighted by Crippen LogP contribution is 1.98. The fourth-order valence-corrected chi connectivity index (χ4v) is 0.910. The number of hydrogen-bond donors (Lipinski definition) is 2. The minimum absolute atomic E-state index is 0.0666. The van der Waals surface area contributed by atoms with Crippen molar-refractivity contribution >= 4 is 11.8 Å². The molecule has 15 heavy (non-hydrogen) atoms. The normalized spacial score (nSPS) is 9.00. The largest absolute Gasteiger partial charge is 0.472 e. The topological polar surface area (TPSA) is 95.1 Å². The van der Waals surface area contributed by atoms with Crippen LogP contribution in [0.3, 0.4) is 0 Å². The maximum Gasteiger partial charge on any atom is 0.254 e. The van der Waals surface area contributed by atoms with Crippen LogP contribution < -0.4 is 10.6 Å². The minimum atomic E-state index is -0.426. The Hall–Kier alpha value is -2.29. The van der Waals surface area contributed by atoms with E-state index < -0.39 is 5.91 Å². The molecule has 78 valence electrons. The third-order valence-electron chi connectivity index (χ3n) is 1.62. The molecule has 0 radical (unpaired) electrons. The second-order valence-electron chi connectivity index (χ2n) is 2.68. The van der Waals surface area contributed by atoms with Crippen molar-refractivity contribution in [3.8, 4) is 6.19 Å². The lowest BCUT2D eigenvalue weighted by Crippen LogP contribution is -2.28. The van der Waals surface area contributed by atoms with Crippen molar-refractivity contribution in [2.75, 3.05) is 6.54 Å². The van der Waals surface area contributed by atoms with Gasteiger partial charge < -0.3 is 9.73 Å². The van der Waals surface area contributed by atoms with Crippen LogP contribution in [0.4, 0.5) is 0 Å². The molecular formula is C9H9N3O3. The molecule has 0 fully saturated rings. The van der Waals surface area contributed by atoms with Crippen LogP contribution in [0.25, 0.3) is 0 Å². The monoisotopic (exact) mass is 207 g/mol. The van der Waals surface area contributed by atoms with E-state index in [0.717, 1.165) is 0 Å².